The Morgan fingerprint density at radius 3 is 2.50 bits per heavy atom. The summed E-state index contributed by atoms with van der Waals surface area (Å²) >= 11 is 0. The van der Waals surface area contributed by atoms with Crippen LogP contribution in [0.4, 0.5) is 23.7 Å². The van der Waals surface area contributed by atoms with E-state index in [0.29, 0.717) is 5.56 Å². The van der Waals surface area contributed by atoms with Crippen LogP contribution in [0.25, 0.3) is 0 Å². The highest BCUT2D eigenvalue weighted by Gasteiger charge is 2.30. The van der Waals surface area contributed by atoms with E-state index >= 15 is 0 Å². The molecular formula is C13H16F3N3O3. The second kappa shape index (κ2) is 7.64. The number of aryl methyl sites for hydroxylation is 1. The number of aliphatic hydroxyl groups excluding tert-OH is 1. The fraction of sp³-hybridized carbons (Fsp3) is 0.385. The Hall–Kier alpha value is -2.29. The maximum Gasteiger partial charge on any atom is 0.416 e. The molecule has 1 rings (SSSR count). The highest BCUT2D eigenvalue weighted by Crippen LogP contribution is 2.31. The normalized spacial score (nSPS) is 11.0. The van der Waals surface area contributed by atoms with E-state index in [1.807, 2.05) is 0 Å². The summed E-state index contributed by atoms with van der Waals surface area (Å²) in [6.07, 6.45) is -4.51. The van der Waals surface area contributed by atoms with Crippen molar-refractivity contribution in [2.75, 3.05) is 25.0 Å². The number of nitrogens with one attached hydrogen (secondary N) is 3. The Morgan fingerprint density at radius 1 is 1.23 bits per heavy atom. The van der Waals surface area contributed by atoms with Crippen molar-refractivity contribution >= 4 is 17.6 Å². The first-order valence-electron chi connectivity index (χ1n) is 6.34. The molecular weight excluding hydrogens is 303 g/mol. The van der Waals surface area contributed by atoms with E-state index < -0.39 is 23.7 Å². The zero-order chi connectivity index (χ0) is 16.8. The van der Waals surface area contributed by atoms with Gasteiger partial charge in [0.15, 0.2) is 0 Å². The summed E-state index contributed by atoms with van der Waals surface area (Å²) in [5.41, 5.74) is -0.426. The Bertz CT molecular complexity index is 547. The molecule has 3 amide bonds. The zero-order valence-corrected chi connectivity index (χ0v) is 11.8. The number of amides is 3. The number of hydrogen-bond donors (Lipinski definition) is 4. The van der Waals surface area contributed by atoms with Crippen LogP contribution in [0, 0.1) is 6.92 Å². The van der Waals surface area contributed by atoms with Crippen molar-refractivity contribution in [1.29, 1.82) is 0 Å². The van der Waals surface area contributed by atoms with E-state index in [1.165, 1.54) is 6.07 Å². The number of rotatable bonds is 5. The van der Waals surface area contributed by atoms with Crippen molar-refractivity contribution in [2.45, 2.75) is 13.1 Å². The van der Waals surface area contributed by atoms with E-state index in [2.05, 4.69) is 16.0 Å². The smallest absolute Gasteiger partial charge is 0.395 e. The predicted octanol–water partition coefficient (Wildman–Crippen LogP) is 1.24. The molecule has 6 nitrogen and oxygen atoms in total. The summed E-state index contributed by atoms with van der Waals surface area (Å²) < 4.78 is 37.8. The van der Waals surface area contributed by atoms with Crippen LogP contribution >= 0.6 is 0 Å². The van der Waals surface area contributed by atoms with Crippen LogP contribution in [0.1, 0.15) is 11.1 Å². The topological polar surface area (TPSA) is 90.5 Å². The third-order valence-corrected chi connectivity index (χ3v) is 2.66. The Kier molecular flexibility index (Phi) is 6.17. The van der Waals surface area contributed by atoms with E-state index in [4.69, 9.17) is 5.11 Å². The van der Waals surface area contributed by atoms with E-state index in [-0.39, 0.29) is 25.4 Å². The quantitative estimate of drug-likeness (QED) is 0.658. The summed E-state index contributed by atoms with van der Waals surface area (Å²) in [6, 6.07) is 2.18. The van der Waals surface area contributed by atoms with Gasteiger partial charge in [0.1, 0.15) is 0 Å². The van der Waals surface area contributed by atoms with Crippen LogP contribution < -0.4 is 16.0 Å². The molecule has 0 unspecified atom stereocenters. The van der Waals surface area contributed by atoms with Crippen molar-refractivity contribution in [3.63, 3.8) is 0 Å². The maximum absolute atomic E-state index is 12.6. The van der Waals surface area contributed by atoms with Crippen molar-refractivity contribution in [3.05, 3.63) is 29.3 Å². The molecule has 4 N–H and O–H groups in total. The molecule has 0 aliphatic heterocycles. The lowest BCUT2D eigenvalue weighted by molar-refractivity contribution is -0.137. The molecule has 1 aromatic rings. The molecule has 9 heteroatoms. The molecule has 0 fully saturated rings. The van der Waals surface area contributed by atoms with Crippen molar-refractivity contribution in [2.24, 2.45) is 0 Å². The minimum Gasteiger partial charge on any atom is -0.395 e. The summed E-state index contributed by atoms with van der Waals surface area (Å²) in [4.78, 5) is 22.8. The van der Waals surface area contributed by atoms with Gasteiger partial charge < -0.3 is 21.1 Å². The highest BCUT2D eigenvalue weighted by molar-refractivity contribution is 5.92. The third kappa shape index (κ3) is 5.60. The van der Waals surface area contributed by atoms with Crippen molar-refractivity contribution < 1.29 is 27.9 Å². The fourth-order valence-corrected chi connectivity index (χ4v) is 1.52. The van der Waals surface area contributed by atoms with Gasteiger partial charge in [0, 0.05) is 12.2 Å². The molecule has 122 valence electrons. The van der Waals surface area contributed by atoms with Crippen LogP contribution in [0.3, 0.4) is 0 Å². The average Bonchev–Trinajstić information content (AvgIpc) is 2.44. The Balaban J connectivity index is 2.62. The Morgan fingerprint density at radius 2 is 1.91 bits per heavy atom. The van der Waals surface area contributed by atoms with Gasteiger partial charge >= 0.3 is 12.2 Å². The molecule has 1 aromatic carbocycles. The first-order valence-corrected chi connectivity index (χ1v) is 6.34. The van der Waals surface area contributed by atoms with Crippen LogP contribution in [-0.4, -0.2) is 36.7 Å². The summed E-state index contributed by atoms with van der Waals surface area (Å²) in [6.45, 7) is 1.00. The number of carbonyl (C=O) groups is 2. The molecule has 0 heterocycles. The molecule has 0 radical (unpaired) electrons. The third-order valence-electron chi connectivity index (χ3n) is 2.66. The second-order valence-corrected chi connectivity index (χ2v) is 4.41. The molecule has 0 aliphatic carbocycles. The van der Waals surface area contributed by atoms with Crippen LogP contribution in [0.5, 0.6) is 0 Å². The molecule has 0 spiro atoms. The minimum absolute atomic E-state index is 0.00286. The van der Waals surface area contributed by atoms with Gasteiger partial charge in [-0.2, -0.15) is 13.2 Å². The monoisotopic (exact) mass is 319 g/mol. The van der Waals surface area contributed by atoms with Gasteiger partial charge in [-0.05, 0) is 24.6 Å². The number of halogens is 3. The van der Waals surface area contributed by atoms with Gasteiger partial charge in [-0.15, -0.1) is 0 Å². The van der Waals surface area contributed by atoms with E-state index in [0.717, 1.165) is 12.1 Å². The van der Waals surface area contributed by atoms with Crippen LogP contribution in [0.15, 0.2) is 18.2 Å². The predicted molar refractivity (Wildman–Crippen MR) is 73.3 cm³/mol. The standard InChI is InChI=1S/C13H16F3N3O3/c1-8-2-3-9(13(14,15)16)6-10(8)19-12(22)18-7-11(21)17-4-5-20/h2-3,6,20H,4-5,7H2,1H3,(H,17,21)(H2,18,19,22). The SMILES string of the molecule is Cc1ccc(C(F)(F)F)cc1NC(=O)NCC(=O)NCCO. The van der Waals surface area contributed by atoms with Gasteiger partial charge in [0.2, 0.25) is 5.91 Å². The van der Waals surface area contributed by atoms with E-state index in [1.54, 1.807) is 6.92 Å². The number of hydrogen-bond acceptors (Lipinski definition) is 3. The average molecular weight is 319 g/mol. The Labute approximate surface area is 124 Å². The number of aliphatic hydroxyl groups is 1. The fourth-order valence-electron chi connectivity index (χ4n) is 1.52. The van der Waals surface area contributed by atoms with Gasteiger partial charge in [-0.3, -0.25) is 4.79 Å². The lowest BCUT2D eigenvalue weighted by Crippen LogP contribution is -2.39. The first-order chi connectivity index (χ1) is 10.2. The van der Waals surface area contributed by atoms with Gasteiger partial charge in [-0.25, -0.2) is 4.79 Å². The van der Waals surface area contributed by atoms with Crippen molar-refractivity contribution in [3.8, 4) is 0 Å². The molecule has 0 saturated carbocycles. The molecule has 0 atom stereocenters. The number of carbonyl (C=O) groups excluding carboxylic acids is 2. The summed E-state index contributed by atoms with van der Waals surface area (Å²) in [5.74, 6) is -0.523. The molecule has 0 saturated heterocycles. The van der Waals surface area contributed by atoms with Crippen LogP contribution in [0.2, 0.25) is 0 Å². The van der Waals surface area contributed by atoms with Gasteiger partial charge in [0.25, 0.3) is 0 Å². The van der Waals surface area contributed by atoms with Gasteiger partial charge in [-0.1, -0.05) is 6.07 Å². The number of urea groups is 1. The molecule has 0 aliphatic rings. The summed E-state index contributed by atoms with van der Waals surface area (Å²) in [7, 11) is 0. The first kappa shape index (κ1) is 17.8. The number of benzene rings is 1. The lowest BCUT2D eigenvalue weighted by Gasteiger charge is -2.13. The minimum atomic E-state index is -4.51. The number of alkyl halides is 3. The van der Waals surface area contributed by atoms with Gasteiger partial charge in [0.05, 0.1) is 18.7 Å². The van der Waals surface area contributed by atoms with Crippen LogP contribution in [-0.2, 0) is 11.0 Å². The van der Waals surface area contributed by atoms with Crippen molar-refractivity contribution in [1.82, 2.24) is 10.6 Å². The zero-order valence-electron chi connectivity index (χ0n) is 11.8. The number of anilines is 1. The molecule has 0 bridgehead atoms. The second-order valence-electron chi connectivity index (χ2n) is 4.41. The highest BCUT2D eigenvalue weighted by atomic mass is 19.4. The van der Waals surface area contributed by atoms with E-state index in [9.17, 15) is 22.8 Å². The lowest BCUT2D eigenvalue weighted by atomic mass is 10.1. The summed E-state index contributed by atoms with van der Waals surface area (Å²) in [5, 5.41) is 15.3. The maximum atomic E-state index is 12.6. The molecule has 0 aromatic heterocycles. The molecule has 22 heavy (non-hydrogen) atoms. The largest absolute Gasteiger partial charge is 0.416 e.